The van der Waals surface area contributed by atoms with Crippen molar-refractivity contribution >= 4 is 5.91 Å². The van der Waals surface area contributed by atoms with Crippen LogP contribution >= 0.6 is 0 Å². The smallest absolute Gasteiger partial charge is 0.251 e. The maximum absolute atomic E-state index is 12.1. The number of hydrogen-bond acceptors (Lipinski definition) is 3. The fourth-order valence-corrected chi connectivity index (χ4v) is 2.43. The van der Waals surface area contributed by atoms with Gasteiger partial charge in [0, 0.05) is 25.3 Å². The lowest BCUT2D eigenvalue weighted by molar-refractivity contribution is 0.0941. The van der Waals surface area contributed by atoms with Crippen LogP contribution in [0.1, 0.15) is 35.2 Å². The van der Waals surface area contributed by atoms with E-state index in [2.05, 4.69) is 10.2 Å². The Hall–Kier alpha value is -1.39. The normalized spacial score (nSPS) is 16.2. The summed E-state index contributed by atoms with van der Waals surface area (Å²) in [5.74, 6) is -0.0226. The molecule has 4 heteroatoms. The summed E-state index contributed by atoms with van der Waals surface area (Å²) < 4.78 is 0. The van der Waals surface area contributed by atoms with E-state index in [0.717, 1.165) is 25.8 Å². The van der Waals surface area contributed by atoms with Gasteiger partial charge in [0.05, 0.1) is 0 Å². The number of carbonyl (C=O) groups excluding carboxylic acids is 1. The van der Waals surface area contributed by atoms with Crippen LogP contribution in [0.15, 0.2) is 24.3 Å². The van der Waals surface area contributed by atoms with Crippen LogP contribution in [0, 0.1) is 5.41 Å². The molecule has 1 aliphatic carbocycles. The van der Waals surface area contributed by atoms with Crippen molar-refractivity contribution in [3.8, 4) is 0 Å². The predicted molar refractivity (Wildman–Crippen MR) is 79.5 cm³/mol. The second kappa shape index (κ2) is 6.37. The van der Waals surface area contributed by atoms with E-state index in [0.29, 0.717) is 12.1 Å². The number of amides is 1. The summed E-state index contributed by atoms with van der Waals surface area (Å²) >= 11 is 0. The van der Waals surface area contributed by atoms with Crippen LogP contribution in [0.25, 0.3) is 0 Å². The highest BCUT2D eigenvalue weighted by molar-refractivity contribution is 5.94. The number of benzene rings is 1. The minimum absolute atomic E-state index is 0.0226. The molecule has 1 amide bonds. The number of aliphatic hydroxyl groups is 1. The Kier molecular flexibility index (Phi) is 4.78. The van der Waals surface area contributed by atoms with Crippen LogP contribution in [0.4, 0.5) is 0 Å². The zero-order valence-electron chi connectivity index (χ0n) is 12.4. The van der Waals surface area contributed by atoms with Gasteiger partial charge < -0.3 is 15.3 Å². The SMILES string of the molecule is CN(C)Cc1ccc(C(=O)NCC2(CCO)CC2)cc1. The van der Waals surface area contributed by atoms with Crippen molar-refractivity contribution in [1.82, 2.24) is 10.2 Å². The third kappa shape index (κ3) is 4.05. The molecule has 1 fully saturated rings. The number of rotatable bonds is 7. The molecule has 0 unspecified atom stereocenters. The van der Waals surface area contributed by atoms with Crippen molar-refractivity contribution in [3.05, 3.63) is 35.4 Å². The largest absolute Gasteiger partial charge is 0.396 e. The van der Waals surface area contributed by atoms with Crippen molar-refractivity contribution in [1.29, 1.82) is 0 Å². The van der Waals surface area contributed by atoms with Crippen molar-refractivity contribution in [2.24, 2.45) is 5.41 Å². The molecule has 0 saturated heterocycles. The lowest BCUT2D eigenvalue weighted by atomic mass is 10.0. The molecule has 20 heavy (non-hydrogen) atoms. The molecular weight excluding hydrogens is 252 g/mol. The van der Waals surface area contributed by atoms with Crippen LogP contribution in [0.5, 0.6) is 0 Å². The first-order valence-electron chi connectivity index (χ1n) is 7.17. The van der Waals surface area contributed by atoms with E-state index in [1.165, 1.54) is 5.56 Å². The van der Waals surface area contributed by atoms with E-state index in [1.54, 1.807) is 0 Å². The maximum atomic E-state index is 12.1. The second-order valence-electron chi connectivity index (χ2n) is 6.09. The molecule has 4 nitrogen and oxygen atoms in total. The summed E-state index contributed by atoms with van der Waals surface area (Å²) in [6.45, 7) is 1.75. The molecule has 0 heterocycles. The lowest BCUT2D eigenvalue weighted by Gasteiger charge is -2.15. The molecular formula is C16H24N2O2. The van der Waals surface area contributed by atoms with Crippen LogP contribution < -0.4 is 5.32 Å². The number of hydrogen-bond donors (Lipinski definition) is 2. The molecule has 0 aromatic heterocycles. The number of nitrogens with zero attached hydrogens (tertiary/aromatic N) is 1. The van der Waals surface area contributed by atoms with E-state index < -0.39 is 0 Å². The molecule has 0 aliphatic heterocycles. The van der Waals surface area contributed by atoms with Gasteiger partial charge in [0.25, 0.3) is 5.91 Å². The fraction of sp³-hybridized carbons (Fsp3) is 0.562. The predicted octanol–water partition coefficient (Wildman–Crippen LogP) is 1.64. The molecule has 1 saturated carbocycles. The summed E-state index contributed by atoms with van der Waals surface area (Å²) in [6, 6.07) is 7.74. The van der Waals surface area contributed by atoms with E-state index in [1.807, 2.05) is 38.4 Å². The Balaban J connectivity index is 1.86. The Morgan fingerprint density at radius 1 is 1.30 bits per heavy atom. The van der Waals surface area contributed by atoms with Gasteiger partial charge in [-0.05, 0) is 56.5 Å². The molecule has 0 atom stereocenters. The Morgan fingerprint density at radius 2 is 1.95 bits per heavy atom. The summed E-state index contributed by atoms with van der Waals surface area (Å²) in [7, 11) is 4.05. The van der Waals surface area contributed by atoms with Crippen molar-refractivity contribution in [3.63, 3.8) is 0 Å². The van der Waals surface area contributed by atoms with Gasteiger partial charge in [-0.1, -0.05) is 12.1 Å². The monoisotopic (exact) mass is 276 g/mol. The van der Waals surface area contributed by atoms with E-state index in [-0.39, 0.29) is 17.9 Å². The molecule has 0 spiro atoms. The minimum atomic E-state index is -0.0226. The summed E-state index contributed by atoms with van der Waals surface area (Å²) in [5, 5.41) is 12.0. The molecule has 0 bridgehead atoms. The highest BCUT2D eigenvalue weighted by atomic mass is 16.3. The average molecular weight is 276 g/mol. The second-order valence-corrected chi connectivity index (χ2v) is 6.09. The van der Waals surface area contributed by atoms with Gasteiger partial charge in [-0.3, -0.25) is 4.79 Å². The molecule has 1 aromatic rings. The third-order valence-electron chi connectivity index (χ3n) is 3.94. The first-order chi connectivity index (χ1) is 9.54. The standard InChI is InChI=1S/C16H24N2O2/c1-18(2)11-13-3-5-14(6-4-13)15(20)17-12-16(7-8-16)9-10-19/h3-6,19H,7-12H2,1-2H3,(H,17,20). The maximum Gasteiger partial charge on any atom is 0.251 e. The summed E-state index contributed by atoms with van der Waals surface area (Å²) in [5.41, 5.74) is 2.06. The van der Waals surface area contributed by atoms with Gasteiger partial charge in [0.1, 0.15) is 0 Å². The molecule has 110 valence electrons. The van der Waals surface area contributed by atoms with E-state index >= 15 is 0 Å². The molecule has 1 aromatic carbocycles. The van der Waals surface area contributed by atoms with Crippen molar-refractivity contribution in [2.45, 2.75) is 25.8 Å². The van der Waals surface area contributed by atoms with Gasteiger partial charge in [-0.15, -0.1) is 0 Å². The Morgan fingerprint density at radius 3 is 2.45 bits per heavy atom. The molecule has 1 aliphatic rings. The highest BCUT2D eigenvalue weighted by Gasteiger charge is 2.41. The third-order valence-corrected chi connectivity index (χ3v) is 3.94. The van der Waals surface area contributed by atoms with Crippen LogP contribution in [0.3, 0.4) is 0 Å². The number of nitrogens with one attached hydrogen (secondary N) is 1. The van der Waals surface area contributed by atoms with Gasteiger partial charge in [0.2, 0.25) is 0 Å². The lowest BCUT2D eigenvalue weighted by Crippen LogP contribution is -2.30. The van der Waals surface area contributed by atoms with Crippen molar-refractivity contribution < 1.29 is 9.90 Å². The molecule has 2 N–H and O–H groups in total. The van der Waals surface area contributed by atoms with Gasteiger partial charge in [-0.2, -0.15) is 0 Å². The molecule has 0 radical (unpaired) electrons. The van der Waals surface area contributed by atoms with E-state index in [9.17, 15) is 4.79 Å². The first kappa shape index (κ1) is 15.0. The van der Waals surface area contributed by atoms with Crippen LogP contribution in [0.2, 0.25) is 0 Å². The topological polar surface area (TPSA) is 52.6 Å². The zero-order valence-corrected chi connectivity index (χ0v) is 12.4. The first-order valence-corrected chi connectivity index (χ1v) is 7.17. The van der Waals surface area contributed by atoms with Gasteiger partial charge in [0.15, 0.2) is 0 Å². The van der Waals surface area contributed by atoms with Crippen LogP contribution in [-0.4, -0.2) is 43.2 Å². The van der Waals surface area contributed by atoms with Gasteiger partial charge >= 0.3 is 0 Å². The number of aliphatic hydroxyl groups excluding tert-OH is 1. The average Bonchev–Trinajstić information content (AvgIpc) is 3.17. The van der Waals surface area contributed by atoms with Crippen LogP contribution in [-0.2, 0) is 6.54 Å². The Labute approximate surface area is 120 Å². The fourth-order valence-electron chi connectivity index (χ4n) is 2.43. The highest BCUT2D eigenvalue weighted by Crippen LogP contribution is 2.47. The van der Waals surface area contributed by atoms with Crippen molar-refractivity contribution in [2.75, 3.05) is 27.2 Å². The Bertz CT molecular complexity index is 450. The van der Waals surface area contributed by atoms with Gasteiger partial charge in [-0.25, -0.2) is 0 Å². The minimum Gasteiger partial charge on any atom is -0.396 e. The number of carbonyl (C=O) groups is 1. The van der Waals surface area contributed by atoms with E-state index in [4.69, 9.17) is 5.11 Å². The zero-order chi connectivity index (χ0) is 14.6. The summed E-state index contributed by atoms with van der Waals surface area (Å²) in [4.78, 5) is 14.2. The quantitative estimate of drug-likeness (QED) is 0.796. The molecule has 2 rings (SSSR count). The summed E-state index contributed by atoms with van der Waals surface area (Å²) in [6.07, 6.45) is 3.00.